The number of likely N-dealkylation sites (tertiary alicyclic amines) is 1. The molecule has 2 heterocycles. The van der Waals surface area contributed by atoms with Crippen molar-refractivity contribution in [2.45, 2.75) is 64.6 Å². The molecule has 1 aromatic rings. The molecule has 1 saturated heterocycles. The molecule has 26 heavy (non-hydrogen) atoms. The van der Waals surface area contributed by atoms with E-state index in [9.17, 15) is 14.7 Å². The van der Waals surface area contributed by atoms with E-state index in [1.807, 2.05) is 20.8 Å². The van der Waals surface area contributed by atoms with E-state index in [2.05, 4.69) is 28.4 Å². The van der Waals surface area contributed by atoms with E-state index < -0.39 is 6.09 Å². The molecular formula is C20H29N3O3. The summed E-state index contributed by atoms with van der Waals surface area (Å²) in [5.74, 6) is 0.0893. The van der Waals surface area contributed by atoms with E-state index in [-0.39, 0.29) is 17.5 Å². The molecule has 1 aromatic carbocycles. The van der Waals surface area contributed by atoms with Crippen molar-refractivity contribution in [2.24, 2.45) is 0 Å². The number of piperidine rings is 1. The average Bonchev–Trinajstić information content (AvgIpc) is 2.54. The molecule has 0 aromatic heterocycles. The number of fused-ring (bicyclic) bond motifs is 1. The van der Waals surface area contributed by atoms with Gasteiger partial charge in [0.25, 0.3) is 0 Å². The molecule has 1 fully saturated rings. The summed E-state index contributed by atoms with van der Waals surface area (Å²) in [5, 5.41) is 12.5. The lowest BCUT2D eigenvalue weighted by Crippen LogP contribution is -2.54. The molecule has 0 aliphatic carbocycles. The molecule has 2 N–H and O–H groups in total. The van der Waals surface area contributed by atoms with E-state index in [0.717, 1.165) is 44.6 Å². The number of rotatable bonds is 3. The fourth-order valence-corrected chi connectivity index (χ4v) is 4.10. The van der Waals surface area contributed by atoms with Gasteiger partial charge in [0.1, 0.15) is 0 Å². The number of amides is 2. The van der Waals surface area contributed by atoms with Gasteiger partial charge in [-0.2, -0.15) is 0 Å². The van der Waals surface area contributed by atoms with Crippen molar-refractivity contribution in [3.8, 4) is 0 Å². The molecule has 2 aliphatic heterocycles. The van der Waals surface area contributed by atoms with Crippen LogP contribution in [0.1, 0.15) is 51.2 Å². The first-order valence-corrected chi connectivity index (χ1v) is 9.40. The number of carboxylic acid groups (broad SMARTS) is 1. The molecule has 3 rings (SSSR count). The number of nitrogens with zero attached hydrogens (tertiary/aromatic N) is 2. The Morgan fingerprint density at radius 1 is 1.27 bits per heavy atom. The van der Waals surface area contributed by atoms with Gasteiger partial charge in [0, 0.05) is 43.3 Å². The summed E-state index contributed by atoms with van der Waals surface area (Å²) >= 11 is 0. The maximum Gasteiger partial charge on any atom is 0.407 e. The zero-order valence-electron chi connectivity index (χ0n) is 15.9. The van der Waals surface area contributed by atoms with Crippen molar-refractivity contribution in [3.63, 3.8) is 0 Å². The van der Waals surface area contributed by atoms with Crippen molar-refractivity contribution in [3.05, 3.63) is 29.3 Å². The summed E-state index contributed by atoms with van der Waals surface area (Å²) in [6.07, 6.45) is 2.25. The van der Waals surface area contributed by atoms with Gasteiger partial charge in [-0.05, 0) is 57.2 Å². The predicted octanol–water partition coefficient (Wildman–Crippen LogP) is 3.31. The molecule has 0 unspecified atom stereocenters. The molecule has 0 atom stereocenters. The number of carbonyl (C=O) groups is 2. The van der Waals surface area contributed by atoms with Crippen molar-refractivity contribution in [1.29, 1.82) is 0 Å². The van der Waals surface area contributed by atoms with Gasteiger partial charge in [-0.15, -0.1) is 0 Å². The summed E-state index contributed by atoms with van der Waals surface area (Å²) < 4.78 is 0. The Balaban J connectivity index is 1.60. The highest BCUT2D eigenvalue weighted by atomic mass is 16.4. The molecule has 6 nitrogen and oxygen atoms in total. The fourth-order valence-electron chi connectivity index (χ4n) is 4.10. The first-order valence-electron chi connectivity index (χ1n) is 9.40. The Morgan fingerprint density at radius 3 is 2.58 bits per heavy atom. The third-order valence-corrected chi connectivity index (χ3v) is 5.33. The average molecular weight is 359 g/mol. The standard InChI is InChI=1S/C20H29N3O3/c1-20(2,3)23(19(25)26)16-8-10-22(11-9-16)13-14-4-5-15-6-7-18(24)21-17(15)12-14/h4-5,12,16H,6-11,13H2,1-3H3,(H,21,24)(H,25,26). The topological polar surface area (TPSA) is 72.9 Å². The lowest BCUT2D eigenvalue weighted by Gasteiger charge is -2.43. The van der Waals surface area contributed by atoms with E-state index in [4.69, 9.17) is 0 Å². The normalized spacial score (nSPS) is 19.0. The Hall–Kier alpha value is -2.08. The highest BCUT2D eigenvalue weighted by Crippen LogP contribution is 2.27. The van der Waals surface area contributed by atoms with Gasteiger partial charge < -0.3 is 15.3 Å². The first-order chi connectivity index (χ1) is 12.2. The number of anilines is 1. The van der Waals surface area contributed by atoms with Crippen LogP contribution in [0.5, 0.6) is 0 Å². The molecule has 0 bridgehead atoms. The van der Waals surface area contributed by atoms with Crippen LogP contribution >= 0.6 is 0 Å². The summed E-state index contributed by atoms with van der Waals surface area (Å²) in [6.45, 7) is 8.46. The third-order valence-electron chi connectivity index (χ3n) is 5.33. The van der Waals surface area contributed by atoms with Crippen molar-refractivity contribution in [2.75, 3.05) is 18.4 Å². The second-order valence-corrected chi connectivity index (χ2v) is 8.37. The van der Waals surface area contributed by atoms with E-state index >= 15 is 0 Å². The second-order valence-electron chi connectivity index (χ2n) is 8.37. The van der Waals surface area contributed by atoms with Gasteiger partial charge in [-0.3, -0.25) is 9.69 Å². The fraction of sp³-hybridized carbons (Fsp3) is 0.600. The zero-order valence-corrected chi connectivity index (χ0v) is 15.9. The molecule has 142 valence electrons. The molecule has 0 spiro atoms. The maximum atomic E-state index is 11.7. The van der Waals surface area contributed by atoms with E-state index in [1.165, 1.54) is 11.1 Å². The summed E-state index contributed by atoms with van der Waals surface area (Å²) in [6, 6.07) is 6.41. The molecule has 2 amide bonds. The maximum absolute atomic E-state index is 11.7. The molecule has 0 radical (unpaired) electrons. The molecular weight excluding hydrogens is 330 g/mol. The highest BCUT2D eigenvalue weighted by molar-refractivity contribution is 5.93. The van der Waals surface area contributed by atoms with Crippen molar-refractivity contribution < 1.29 is 14.7 Å². The SMILES string of the molecule is CC(C)(C)N(C(=O)O)C1CCN(Cc2ccc3c(c2)NC(=O)CC3)CC1. The van der Waals surface area contributed by atoms with Crippen LogP contribution in [0.3, 0.4) is 0 Å². The Bertz CT molecular complexity index is 688. The van der Waals surface area contributed by atoms with Crippen LogP contribution in [0.2, 0.25) is 0 Å². The first kappa shape index (κ1) is 18.7. The third kappa shape index (κ3) is 4.18. The van der Waals surface area contributed by atoms with Crippen LogP contribution in [0, 0.1) is 0 Å². The van der Waals surface area contributed by atoms with Crippen molar-refractivity contribution >= 4 is 17.7 Å². The van der Waals surface area contributed by atoms with Gasteiger partial charge in [-0.1, -0.05) is 12.1 Å². The monoisotopic (exact) mass is 359 g/mol. The highest BCUT2D eigenvalue weighted by Gasteiger charge is 2.35. The second kappa shape index (κ2) is 7.27. The van der Waals surface area contributed by atoms with Crippen LogP contribution < -0.4 is 5.32 Å². The lowest BCUT2D eigenvalue weighted by atomic mass is 9.96. The van der Waals surface area contributed by atoms with E-state index in [1.54, 1.807) is 4.90 Å². The number of nitrogens with one attached hydrogen (secondary N) is 1. The van der Waals surface area contributed by atoms with Crippen LogP contribution in [0.4, 0.5) is 10.5 Å². The Labute approximate surface area is 155 Å². The van der Waals surface area contributed by atoms with Crippen LogP contribution in [0.25, 0.3) is 0 Å². The smallest absolute Gasteiger partial charge is 0.407 e. The summed E-state index contributed by atoms with van der Waals surface area (Å²) in [4.78, 5) is 27.2. The molecule has 2 aliphatic rings. The van der Waals surface area contributed by atoms with Crippen molar-refractivity contribution in [1.82, 2.24) is 9.80 Å². The number of aryl methyl sites for hydroxylation is 1. The minimum Gasteiger partial charge on any atom is -0.465 e. The molecule has 0 saturated carbocycles. The zero-order chi connectivity index (χ0) is 18.9. The van der Waals surface area contributed by atoms with Gasteiger partial charge in [0.15, 0.2) is 0 Å². The number of hydrogen-bond donors (Lipinski definition) is 2. The largest absolute Gasteiger partial charge is 0.465 e. The van der Waals surface area contributed by atoms with Gasteiger partial charge in [-0.25, -0.2) is 4.79 Å². The summed E-state index contributed by atoms with van der Waals surface area (Å²) in [5.41, 5.74) is 2.96. The lowest BCUT2D eigenvalue weighted by molar-refractivity contribution is -0.116. The summed E-state index contributed by atoms with van der Waals surface area (Å²) in [7, 11) is 0. The molecule has 6 heteroatoms. The predicted molar refractivity (Wildman–Crippen MR) is 101 cm³/mol. The van der Waals surface area contributed by atoms with Gasteiger partial charge in [0.2, 0.25) is 5.91 Å². The number of benzene rings is 1. The minimum atomic E-state index is -0.832. The van der Waals surface area contributed by atoms with Crippen LogP contribution in [-0.4, -0.2) is 51.6 Å². The van der Waals surface area contributed by atoms with E-state index in [0.29, 0.717) is 6.42 Å². The number of hydrogen-bond acceptors (Lipinski definition) is 3. The number of carbonyl (C=O) groups excluding carboxylic acids is 1. The van der Waals surface area contributed by atoms with Crippen LogP contribution in [0.15, 0.2) is 18.2 Å². The quantitative estimate of drug-likeness (QED) is 0.868. The van der Waals surface area contributed by atoms with Gasteiger partial charge >= 0.3 is 6.09 Å². The van der Waals surface area contributed by atoms with Crippen LogP contribution in [-0.2, 0) is 17.8 Å². The minimum absolute atomic E-state index is 0.0755. The Morgan fingerprint density at radius 2 is 1.96 bits per heavy atom. The van der Waals surface area contributed by atoms with Gasteiger partial charge in [0.05, 0.1) is 0 Å². The Kier molecular flexibility index (Phi) is 5.23.